The maximum absolute atomic E-state index is 14.6. The fourth-order valence-electron chi connectivity index (χ4n) is 2.92. The van der Waals surface area contributed by atoms with E-state index in [1.54, 1.807) is 0 Å². The van der Waals surface area contributed by atoms with Crippen LogP contribution in [0.4, 0.5) is 17.6 Å². The van der Waals surface area contributed by atoms with Gasteiger partial charge in [0.25, 0.3) is 0 Å². The Bertz CT molecular complexity index is 1150. The van der Waals surface area contributed by atoms with Crippen molar-refractivity contribution in [3.63, 3.8) is 0 Å². The minimum Gasteiger partial charge on any atom is -0.478 e. The summed E-state index contributed by atoms with van der Waals surface area (Å²) in [7, 11) is -4.18. The van der Waals surface area contributed by atoms with E-state index in [0.717, 1.165) is 30.3 Å². The third-order valence-corrected chi connectivity index (χ3v) is 5.26. The Morgan fingerprint density at radius 1 is 1.07 bits per heavy atom. The number of Topliss-reactive ketones (excluding diaryl/α,β-unsaturated/α-hetero) is 1. The van der Waals surface area contributed by atoms with Gasteiger partial charge in [-0.15, -0.1) is 0 Å². The number of hydrogen-bond acceptors (Lipinski definition) is 4. The molecule has 0 radical (unpaired) electrons. The van der Waals surface area contributed by atoms with Crippen molar-refractivity contribution in [2.24, 2.45) is 5.14 Å². The van der Waals surface area contributed by atoms with Gasteiger partial charge in [0.1, 0.15) is 11.6 Å². The van der Waals surface area contributed by atoms with Crippen LogP contribution in [0.1, 0.15) is 30.5 Å². The average Bonchev–Trinajstić information content (AvgIpc) is 2.83. The lowest BCUT2D eigenvalue weighted by molar-refractivity contribution is -0.137. The molecule has 0 amide bonds. The molecule has 0 saturated heterocycles. The fraction of sp³-hybridized carbons (Fsp3) is 0.211. The van der Waals surface area contributed by atoms with Gasteiger partial charge in [0, 0.05) is 0 Å². The SMILES string of the molecule is CC1(C)OC(c2ccc(S(N)(=O)=O)cc2F)=C(c2cccc(C(F)(F)F)c2)C1=O. The number of ether oxygens (including phenoxy) is 1. The zero-order chi connectivity index (χ0) is 21.8. The standard InChI is InChI=1S/C19H15F4NO4S/c1-18(2)17(25)15(10-4-3-5-11(8-10)19(21,22)23)16(28-18)13-7-6-12(9-14(13)20)29(24,26)27/h3-9H,1-2H3,(H2,24,26,27). The van der Waals surface area contributed by atoms with Gasteiger partial charge in [-0.2, -0.15) is 13.2 Å². The van der Waals surface area contributed by atoms with Crippen LogP contribution in [-0.4, -0.2) is 19.8 Å². The van der Waals surface area contributed by atoms with Gasteiger partial charge in [-0.1, -0.05) is 12.1 Å². The highest BCUT2D eigenvalue weighted by Gasteiger charge is 2.44. The van der Waals surface area contributed by atoms with E-state index in [-0.39, 0.29) is 22.5 Å². The molecular weight excluding hydrogens is 414 g/mol. The van der Waals surface area contributed by atoms with Crippen LogP contribution in [0.5, 0.6) is 0 Å². The number of sulfonamides is 1. The zero-order valence-corrected chi connectivity index (χ0v) is 16.0. The number of hydrogen-bond donors (Lipinski definition) is 1. The molecule has 3 rings (SSSR count). The van der Waals surface area contributed by atoms with Crippen molar-refractivity contribution in [2.75, 3.05) is 0 Å². The smallest absolute Gasteiger partial charge is 0.416 e. The highest BCUT2D eigenvalue weighted by atomic mass is 32.2. The lowest BCUT2D eigenvalue weighted by Gasteiger charge is -2.18. The Labute approximate surface area is 163 Å². The van der Waals surface area contributed by atoms with E-state index >= 15 is 0 Å². The van der Waals surface area contributed by atoms with Crippen molar-refractivity contribution in [3.05, 3.63) is 65.0 Å². The number of ketones is 1. The molecule has 0 spiro atoms. The number of halogens is 4. The number of benzene rings is 2. The lowest BCUT2D eigenvalue weighted by atomic mass is 9.91. The molecule has 2 N–H and O–H groups in total. The van der Waals surface area contributed by atoms with Crippen LogP contribution in [-0.2, 0) is 25.7 Å². The molecule has 0 unspecified atom stereocenters. The largest absolute Gasteiger partial charge is 0.478 e. The Morgan fingerprint density at radius 2 is 1.72 bits per heavy atom. The minimum atomic E-state index is -4.64. The normalized spacial score (nSPS) is 16.9. The summed E-state index contributed by atoms with van der Waals surface area (Å²) in [5.74, 6) is -1.97. The number of carbonyl (C=O) groups excluding carboxylic acids is 1. The van der Waals surface area contributed by atoms with E-state index in [4.69, 9.17) is 9.88 Å². The molecule has 1 aliphatic rings. The van der Waals surface area contributed by atoms with Crippen molar-refractivity contribution in [3.8, 4) is 0 Å². The van der Waals surface area contributed by atoms with Crippen molar-refractivity contribution in [1.82, 2.24) is 0 Å². The number of primary sulfonamides is 1. The van der Waals surface area contributed by atoms with E-state index in [9.17, 15) is 30.8 Å². The molecule has 0 fully saturated rings. The molecule has 0 saturated carbocycles. The maximum atomic E-state index is 14.6. The Hall–Kier alpha value is -2.72. The van der Waals surface area contributed by atoms with Crippen molar-refractivity contribution < 1.29 is 35.5 Å². The highest BCUT2D eigenvalue weighted by Crippen LogP contribution is 2.43. The maximum Gasteiger partial charge on any atom is 0.416 e. The summed E-state index contributed by atoms with van der Waals surface area (Å²) in [6.45, 7) is 2.79. The van der Waals surface area contributed by atoms with Gasteiger partial charge in [0.05, 0.1) is 21.6 Å². The van der Waals surface area contributed by atoms with Gasteiger partial charge < -0.3 is 4.74 Å². The Balaban J connectivity index is 2.24. The molecule has 1 heterocycles. The molecule has 0 bridgehead atoms. The zero-order valence-electron chi connectivity index (χ0n) is 15.2. The van der Waals surface area contributed by atoms with E-state index in [1.807, 2.05) is 0 Å². The predicted octanol–water partition coefficient (Wildman–Crippen LogP) is 3.74. The number of alkyl halides is 3. The molecule has 2 aromatic carbocycles. The molecule has 0 aromatic heterocycles. The molecule has 10 heteroatoms. The van der Waals surface area contributed by atoms with Crippen molar-refractivity contribution in [1.29, 1.82) is 0 Å². The van der Waals surface area contributed by atoms with Gasteiger partial charge >= 0.3 is 6.18 Å². The molecule has 0 atom stereocenters. The van der Waals surface area contributed by atoms with Crippen LogP contribution in [0.2, 0.25) is 0 Å². The molecular formula is C19H15F4NO4S. The molecule has 29 heavy (non-hydrogen) atoms. The van der Waals surface area contributed by atoms with Gasteiger partial charge in [-0.25, -0.2) is 17.9 Å². The van der Waals surface area contributed by atoms with Crippen LogP contribution in [0.3, 0.4) is 0 Å². The van der Waals surface area contributed by atoms with Crippen LogP contribution < -0.4 is 5.14 Å². The fourth-order valence-corrected chi connectivity index (χ4v) is 3.44. The second-order valence-corrected chi connectivity index (χ2v) is 8.47. The first kappa shape index (κ1) is 21.0. The van der Waals surface area contributed by atoms with Crippen LogP contribution >= 0.6 is 0 Å². The summed E-state index contributed by atoms with van der Waals surface area (Å²) in [4.78, 5) is 12.3. The predicted molar refractivity (Wildman–Crippen MR) is 96.2 cm³/mol. The van der Waals surface area contributed by atoms with Gasteiger partial charge in [0.15, 0.2) is 5.60 Å². The number of rotatable bonds is 3. The molecule has 1 aliphatic heterocycles. The van der Waals surface area contributed by atoms with Crippen molar-refractivity contribution >= 4 is 27.1 Å². The van der Waals surface area contributed by atoms with Crippen LogP contribution in [0.15, 0.2) is 47.4 Å². The average molecular weight is 429 g/mol. The van der Waals surface area contributed by atoms with E-state index in [0.29, 0.717) is 6.07 Å². The molecule has 0 aliphatic carbocycles. The highest BCUT2D eigenvalue weighted by molar-refractivity contribution is 7.89. The molecule has 154 valence electrons. The van der Waals surface area contributed by atoms with Crippen LogP contribution in [0.25, 0.3) is 11.3 Å². The summed E-state index contributed by atoms with van der Waals surface area (Å²) >= 11 is 0. The lowest BCUT2D eigenvalue weighted by Crippen LogP contribution is -2.29. The molecule has 5 nitrogen and oxygen atoms in total. The second kappa shape index (κ2) is 6.67. The molecule has 2 aromatic rings. The van der Waals surface area contributed by atoms with Crippen molar-refractivity contribution in [2.45, 2.75) is 30.5 Å². The van der Waals surface area contributed by atoms with E-state index < -0.39 is 43.9 Å². The third-order valence-electron chi connectivity index (χ3n) is 4.35. The number of carbonyl (C=O) groups is 1. The topological polar surface area (TPSA) is 86.5 Å². The summed E-state index contributed by atoms with van der Waals surface area (Å²) in [5.41, 5.74) is -3.04. The minimum absolute atomic E-state index is 0.0969. The Morgan fingerprint density at radius 3 is 2.28 bits per heavy atom. The second-order valence-electron chi connectivity index (χ2n) is 6.91. The first-order valence-electron chi connectivity index (χ1n) is 8.20. The van der Waals surface area contributed by atoms with Gasteiger partial charge in [-0.05, 0) is 49.7 Å². The summed E-state index contributed by atoms with van der Waals surface area (Å²) in [5, 5.41) is 4.97. The number of nitrogens with two attached hydrogens (primary N) is 1. The van der Waals surface area contributed by atoms with E-state index in [2.05, 4.69) is 0 Å². The summed E-state index contributed by atoms with van der Waals surface area (Å²) < 4.78 is 82.3. The third kappa shape index (κ3) is 3.90. The summed E-state index contributed by atoms with van der Waals surface area (Å²) in [6.07, 6.45) is -4.64. The van der Waals surface area contributed by atoms with Gasteiger partial charge in [0.2, 0.25) is 15.8 Å². The Kier molecular flexibility index (Phi) is 4.83. The van der Waals surface area contributed by atoms with Gasteiger partial charge in [-0.3, -0.25) is 4.79 Å². The van der Waals surface area contributed by atoms with Crippen LogP contribution in [0, 0.1) is 5.82 Å². The quantitative estimate of drug-likeness (QED) is 0.754. The monoisotopic (exact) mass is 429 g/mol. The van der Waals surface area contributed by atoms with E-state index in [1.165, 1.54) is 19.9 Å². The summed E-state index contributed by atoms with van der Waals surface area (Å²) in [6, 6.07) is 6.74. The first-order valence-corrected chi connectivity index (χ1v) is 9.75. The first-order chi connectivity index (χ1) is 13.2.